The minimum atomic E-state index is -3.74. The number of carbonyl (C=O) groups excluding carboxylic acids is 2. The van der Waals surface area contributed by atoms with Crippen LogP contribution < -0.4 is 39.0 Å². The Kier molecular flexibility index (Phi) is 11.5. The number of aryl methyl sites for hydroxylation is 1. The number of sulfonamides is 1. The Bertz CT molecular complexity index is 3740. The van der Waals surface area contributed by atoms with E-state index in [-0.39, 0.29) is 44.0 Å². The molecule has 382 valence electrons. The Labute approximate surface area is 424 Å². The lowest BCUT2D eigenvalue weighted by Gasteiger charge is -2.17. The number of rotatable bonds is 11. The molecule has 2 aliphatic carbocycles. The minimum Gasteiger partial charge on any atom is -0.481 e. The molecule has 5 heterocycles. The number of alkyl halides is 4. The molecule has 2 amide bonds. The van der Waals surface area contributed by atoms with Gasteiger partial charge in [-0.25, -0.2) is 28.1 Å². The summed E-state index contributed by atoms with van der Waals surface area (Å²) in [4.78, 5) is 40.8. The first-order chi connectivity index (χ1) is 35.4. The molecule has 74 heavy (non-hydrogen) atoms. The highest BCUT2D eigenvalue weighted by Crippen LogP contribution is 2.54. The number of methoxy groups -OCH3 is 1. The second kappa shape index (κ2) is 17.7. The average molecular weight is 1030 g/mol. The lowest BCUT2D eigenvalue weighted by molar-refractivity contribution is -0.287. The van der Waals surface area contributed by atoms with Crippen LogP contribution in [0.4, 0.5) is 29.2 Å². The molecule has 12 rings (SSSR count). The van der Waals surface area contributed by atoms with E-state index in [1.807, 2.05) is 60.7 Å². The second-order valence-corrected chi connectivity index (χ2v) is 20.0. The molecule has 0 saturated heterocycles. The van der Waals surface area contributed by atoms with Gasteiger partial charge in [0.25, 0.3) is 0 Å². The van der Waals surface area contributed by atoms with E-state index in [0.717, 1.165) is 32.7 Å². The van der Waals surface area contributed by atoms with Gasteiger partial charge < -0.3 is 34.3 Å². The van der Waals surface area contributed by atoms with E-state index in [9.17, 15) is 35.6 Å². The van der Waals surface area contributed by atoms with Crippen molar-refractivity contribution >= 4 is 55.0 Å². The molecule has 0 atom stereocenters. The van der Waals surface area contributed by atoms with Crippen molar-refractivity contribution in [3.63, 3.8) is 0 Å². The van der Waals surface area contributed by atoms with Gasteiger partial charge in [0.05, 0.1) is 34.2 Å². The Hall–Kier alpha value is -8.36. The van der Waals surface area contributed by atoms with Gasteiger partial charge in [0.15, 0.2) is 23.0 Å². The largest absolute Gasteiger partial charge is 0.586 e. The lowest BCUT2D eigenvalue weighted by atomic mass is 9.94. The predicted molar refractivity (Wildman–Crippen MR) is 270 cm³/mol. The Balaban J connectivity index is 0.000000197. The van der Waals surface area contributed by atoms with Crippen LogP contribution in [0.25, 0.3) is 44.1 Å². The maximum Gasteiger partial charge on any atom is 0.586 e. The number of anilines is 2. The molecule has 2 saturated carbocycles. The maximum atomic E-state index is 13.5. The molecule has 3 N–H and O–H groups in total. The summed E-state index contributed by atoms with van der Waals surface area (Å²) in [5, 5.41) is 9.33. The van der Waals surface area contributed by atoms with Crippen molar-refractivity contribution in [2.45, 2.75) is 60.9 Å². The van der Waals surface area contributed by atoms with Gasteiger partial charge >= 0.3 is 12.6 Å². The van der Waals surface area contributed by atoms with Crippen LogP contribution in [-0.2, 0) is 30.4 Å². The fourth-order valence-corrected chi connectivity index (χ4v) is 10.1. The van der Waals surface area contributed by atoms with E-state index in [1.54, 1.807) is 56.6 Å². The van der Waals surface area contributed by atoms with Crippen LogP contribution in [0, 0.1) is 6.92 Å². The van der Waals surface area contributed by atoms with Crippen LogP contribution in [0.5, 0.6) is 28.9 Å². The number of nitrogens with one attached hydrogen (secondary N) is 3. The van der Waals surface area contributed by atoms with Crippen LogP contribution in [0.2, 0.25) is 0 Å². The molecule has 2 aliphatic heterocycles. The number of hydrogen-bond donors (Lipinski definition) is 3. The van der Waals surface area contributed by atoms with Gasteiger partial charge in [0, 0.05) is 38.4 Å². The summed E-state index contributed by atoms with van der Waals surface area (Å²) in [5.41, 5.74) is 2.85. The number of ether oxygens (including phenoxy) is 5. The third-order valence-corrected chi connectivity index (χ3v) is 14.9. The van der Waals surface area contributed by atoms with Crippen molar-refractivity contribution in [2.24, 2.45) is 0 Å². The summed E-state index contributed by atoms with van der Waals surface area (Å²) in [6.07, 6.45) is -3.54. The first kappa shape index (κ1) is 47.9. The fourth-order valence-electron chi connectivity index (χ4n) is 9.29. The van der Waals surface area contributed by atoms with E-state index in [2.05, 4.69) is 39.3 Å². The normalized spacial score (nSPS) is 16.7. The van der Waals surface area contributed by atoms with Gasteiger partial charge in [-0.05, 0) is 122 Å². The first-order valence-corrected chi connectivity index (χ1v) is 24.6. The third kappa shape index (κ3) is 8.89. The second-order valence-electron chi connectivity index (χ2n) is 18.2. The first-order valence-electron chi connectivity index (χ1n) is 23.2. The van der Waals surface area contributed by atoms with Crippen molar-refractivity contribution < 1.29 is 63.5 Å². The monoisotopic (exact) mass is 1030 g/mol. The molecule has 2 fully saturated rings. The van der Waals surface area contributed by atoms with Gasteiger partial charge in [0.1, 0.15) is 11.6 Å². The lowest BCUT2D eigenvalue weighted by Crippen LogP contribution is -2.28. The molecule has 0 spiro atoms. The summed E-state index contributed by atoms with van der Waals surface area (Å²) >= 11 is 0. The zero-order valence-electron chi connectivity index (χ0n) is 39.5. The molecule has 0 bridgehead atoms. The molecule has 3 aromatic heterocycles. The number of carbonyl (C=O) groups is 2. The van der Waals surface area contributed by atoms with E-state index in [1.165, 1.54) is 37.4 Å². The summed E-state index contributed by atoms with van der Waals surface area (Å²) < 4.78 is 104. The molecular weight excluding hydrogens is 985 g/mol. The van der Waals surface area contributed by atoms with E-state index < -0.39 is 33.4 Å². The minimum absolute atomic E-state index is 0. The Morgan fingerprint density at radius 1 is 0.622 bits per heavy atom. The highest BCUT2D eigenvalue weighted by atomic mass is 32.2. The molecule has 0 unspecified atom stereocenters. The van der Waals surface area contributed by atoms with E-state index in [4.69, 9.17) is 14.7 Å². The number of halogens is 4. The van der Waals surface area contributed by atoms with Crippen molar-refractivity contribution in [3.8, 4) is 51.4 Å². The fraction of sp³-hybridized carbons (Fsp3) is 0.204. The van der Waals surface area contributed by atoms with Crippen molar-refractivity contribution in [1.82, 2.24) is 19.7 Å². The highest BCUT2D eigenvalue weighted by Gasteiger charge is 2.54. The topological polar surface area (TPSA) is 189 Å². The van der Waals surface area contributed by atoms with E-state index in [0.29, 0.717) is 71.3 Å². The number of hydrogen-bond acceptors (Lipinski definition) is 12. The van der Waals surface area contributed by atoms with Crippen LogP contribution in [0.3, 0.4) is 0 Å². The maximum absolute atomic E-state index is 13.5. The van der Waals surface area contributed by atoms with Gasteiger partial charge in [-0.15, -0.1) is 17.6 Å². The van der Waals surface area contributed by atoms with Crippen molar-refractivity contribution in [2.75, 3.05) is 24.8 Å². The zero-order chi connectivity index (χ0) is 51.8. The van der Waals surface area contributed by atoms with Crippen LogP contribution >= 0.6 is 0 Å². The number of fused-ring (bicyclic) bond motifs is 4. The summed E-state index contributed by atoms with van der Waals surface area (Å²) in [6, 6.07) is 36.1. The summed E-state index contributed by atoms with van der Waals surface area (Å²) in [6.45, 7) is 1.80. The van der Waals surface area contributed by atoms with Crippen molar-refractivity contribution in [3.05, 3.63) is 150 Å². The molecule has 4 aliphatic rings. The standard InChI is InChI=1S/C28H23F2N3O5S.C26H19F2N3O4.3H2/c1-16-13-19(39(35,36)31-2)8-9-20(16)25-21-6-4-3-5-17(21)14-24(32-25)33-26(34)27(11-12-27)18-7-10-22-23(15-18)38-28(29,30)37-22;1-33-22-9-6-16(14-29-22)23-18-5-3-2-4-15(18)12-21(30-23)31-24(32)25(10-11-25)17-7-8-19-20(13-17)35-26(27,28)34-19;;;/h3-10,13-15,31H,11-12H2,1-2H3,(H,32,33,34);2-9,12-14H,10-11H2,1H3,(H,30,31,32);3*1H. The highest BCUT2D eigenvalue weighted by molar-refractivity contribution is 7.89. The van der Waals surface area contributed by atoms with Crippen LogP contribution in [-0.4, -0.2) is 61.9 Å². The van der Waals surface area contributed by atoms with Gasteiger partial charge in [-0.1, -0.05) is 66.7 Å². The zero-order valence-corrected chi connectivity index (χ0v) is 40.3. The number of nitrogens with zero attached hydrogens (tertiary/aromatic N) is 3. The van der Waals surface area contributed by atoms with E-state index >= 15 is 0 Å². The molecular formula is C54H48F4N6O9S. The molecule has 20 heteroatoms. The number of pyridine rings is 3. The Morgan fingerprint density at radius 3 is 1.59 bits per heavy atom. The van der Waals surface area contributed by atoms with Crippen LogP contribution in [0.1, 0.15) is 46.7 Å². The third-order valence-electron chi connectivity index (χ3n) is 13.5. The summed E-state index contributed by atoms with van der Waals surface area (Å²) in [5.74, 6) is 0.301. The number of aromatic nitrogens is 3. The quantitative estimate of drug-likeness (QED) is 0.104. The SMILES string of the molecule is CNS(=O)(=O)c1ccc(-c2nc(NC(=O)C3(c4ccc5c(c4)OC(F)(F)O5)CC3)cc3ccccc23)c(C)c1.COc1ccc(-c2nc(NC(=O)C3(c4ccc5c(c4)OC(F)(F)O5)CC3)cc3ccccc23)cn1.[HH].[HH].[HH]. The average Bonchev–Trinajstić information content (AvgIpc) is 4.32. The number of benzene rings is 5. The van der Waals surface area contributed by atoms with Gasteiger partial charge in [0.2, 0.25) is 27.7 Å². The number of amides is 2. The van der Waals surface area contributed by atoms with Gasteiger partial charge in [-0.2, -0.15) is 0 Å². The molecule has 0 radical (unpaired) electrons. The molecule has 8 aromatic rings. The summed E-state index contributed by atoms with van der Waals surface area (Å²) in [7, 11) is -0.719. The van der Waals surface area contributed by atoms with Gasteiger partial charge in [-0.3, -0.25) is 9.59 Å². The van der Waals surface area contributed by atoms with Crippen LogP contribution in [0.15, 0.2) is 138 Å². The van der Waals surface area contributed by atoms with Crippen molar-refractivity contribution in [1.29, 1.82) is 0 Å². The molecule has 5 aromatic carbocycles. The predicted octanol–water partition coefficient (Wildman–Crippen LogP) is 11.1. The smallest absolute Gasteiger partial charge is 0.481 e. The Morgan fingerprint density at radius 2 is 1.12 bits per heavy atom. The molecule has 15 nitrogen and oxygen atoms in total.